The van der Waals surface area contributed by atoms with Crippen molar-refractivity contribution in [3.63, 3.8) is 0 Å². The molecule has 2 N–H and O–H groups in total. The number of rotatable bonds is 4. The van der Waals surface area contributed by atoms with Gasteiger partial charge in [0, 0.05) is 11.1 Å². The molecule has 1 amide bonds. The van der Waals surface area contributed by atoms with Crippen molar-refractivity contribution in [2.75, 3.05) is 13.1 Å². The first-order valence-corrected chi connectivity index (χ1v) is 9.21. The molecule has 3 aromatic rings. The molecule has 5 nitrogen and oxygen atoms in total. The largest absolute Gasteiger partial charge is 0.440 e. The van der Waals surface area contributed by atoms with E-state index < -0.39 is 36.7 Å². The van der Waals surface area contributed by atoms with Gasteiger partial charge >= 0.3 is 6.18 Å². The number of oxazole rings is 1. The summed E-state index contributed by atoms with van der Waals surface area (Å²) in [4.78, 5) is 17.1. The quantitative estimate of drug-likeness (QED) is 0.607. The zero-order chi connectivity index (χ0) is 22.4. The molecule has 1 aliphatic heterocycles. The number of nitrogens with two attached hydrogens (primary N) is 1. The van der Waals surface area contributed by atoms with E-state index in [-0.39, 0.29) is 34.9 Å². The lowest BCUT2D eigenvalue weighted by atomic mass is 9.97. The van der Waals surface area contributed by atoms with Gasteiger partial charge in [0.15, 0.2) is 0 Å². The van der Waals surface area contributed by atoms with E-state index in [2.05, 4.69) is 4.98 Å². The predicted octanol–water partition coefficient (Wildman–Crippen LogP) is 4.58. The van der Waals surface area contributed by atoms with Crippen molar-refractivity contribution in [1.29, 1.82) is 0 Å². The Hall–Kier alpha value is -3.27. The monoisotopic (exact) mass is 437 g/mol. The molecule has 1 aromatic heterocycles. The van der Waals surface area contributed by atoms with Gasteiger partial charge in [-0.05, 0) is 35.4 Å². The van der Waals surface area contributed by atoms with Crippen LogP contribution in [0.15, 0.2) is 53.1 Å². The lowest BCUT2D eigenvalue weighted by Crippen LogP contribution is -2.58. The lowest BCUT2D eigenvalue weighted by molar-refractivity contribution is -0.137. The molecule has 0 radical (unpaired) electrons. The van der Waals surface area contributed by atoms with E-state index in [0.29, 0.717) is 5.56 Å². The zero-order valence-electron chi connectivity index (χ0n) is 15.9. The number of benzene rings is 2. The topological polar surface area (TPSA) is 72.4 Å². The third-order valence-electron chi connectivity index (χ3n) is 4.91. The van der Waals surface area contributed by atoms with Crippen LogP contribution in [0.3, 0.4) is 0 Å². The molecule has 10 heteroatoms. The number of halogens is 5. The Morgan fingerprint density at radius 3 is 2.29 bits per heavy atom. The van der Waals surface area contributed by atoms with E-state index in [1.165, 1.54) is 42.6 Å². The fourth-order valence-corrected chi connectivity index (χ4v) is 3.31. The molecular formula is C21H16F5N3O2. The average Bonchev–Trinajstić information content (AvgIpc) is 3.19. The van der Waals surface area contributed by atoms with E-state index in [9.17, 15) is 26.7 Å². The van der Waals surface area contributed by atoms with Crippen LogP contribution in [0.5, 0.6) is 0 Å². The molecule has 2 aromatic carbocycles. The summed E-state index contributed by atoms with van der Waals surface area (Å²) in [6, 6.07) is 9.44. The molecule has 1 aliphatic rings. The van der Waals surface area contributed by atoms with Crippen molar-refractivity contribution in [2.24, 2.45) is 5.73 Å². The number of amides is 1. The van der Waals surface area contributed by atoms with Crippen LogP contribution in [0.1, 0.15) is 21.7 Å². The Labute approximate surface area is 173 Å². The van der Waals surface area contributed by atoms with Crippen LogP contribution in [-0.2, 0) is 12.7 Å². The molecule has 0 saturated carbocycles. The standard InChI is InChI=1S/C21H16F5N3O2/c22-20(23)10-29(11-20)19(30)13-3-1-12(2-4-13)14-5-6-16(17(7-14)21(24,25)26)18-28-9-15(8-27)31-18/h1-7,9H,8,10-11,27H2. The third-order valence-corrected chi connectivity index (χ3v) is 4.91. The maximum atomic E-state index is 13.7. The van der Waals surface area contributed by atoms with Gasteiger partial charge in [0.1, 0.15) is 5.76 Å². The maximum absolute atomic E-state index is 13.7. The highest BCUT2D eigenvalue weighted by Crippen LogP contribution is 2.39. The van der Waals surface area contributed by atoms with E-state index in [4.69, 9.17) is 10.2 Å². The van der Waals surface area contributed by atoms with E-state index in [0.717, 1.165) is 11.0 Å². The third kappa shape index (κ3) is 4.15. The predicted molar refractivity (Wildman–Crippen MR) is 101 cm³/mol. The summed E-state index contributed by atoms with van der Waals surface area (Å²) in [5.41, 5.74) is 5.14. The van der Waals surface area contributed by atoms with Crippen molar-refractivity contribution < 1.29 is 31.2 Å². The van der Waals surface area contributed by atoms with Crippen LogP contribution >= 0.6 is 0 Å². The van der Waals surface area contributed by atoms with Crippen LogP contribution in [0, 0.1) is 0 Å². The molecule has 0 bridgehead atoms. The summed E-state index contributed by atoms with van der Waals surface area (Å²) in [5, 5.41) is 0. The molecule has 0 aliphatic carbocycles. The van der Waals surface area contributed by atoms with Crippen LogP contribution in [0.2, 0.25) is 0 Å². The van der Waals surface area contributed by atoms with Crippen LogP contribution in [-0.4, -0.2) is 34.8 Å². The van der Waals surface area contributed by atoms with Gasteiger partial charge in [-0.2, -0.15) is 13.2 Å². The maximum Gasteiger partial charge on any atom is 0.417 e. The molecule has 0 unspecified atom stereocenters. The fraction of sp³-hybridized carbons (Fsp3) is 0.238. The normalized spacial score (nSPS) is 15.6. The summed E-state index contributed by atoms with van der Waals surface area (Å²) < 4.78 is 72.2. The number of hydrogen-bond acceptors (Lipinski definition) is 4. The first-order chi connectivity index (χ1) is 14.6. The average molecular weight is 437 g/mol. The number of carbonyl (C=O) groups excluding carboxylic acids is 1. The summed E-state index contributed by atoms with van der Waals surface area (Å²) in [6.07, 6.45) is -3.39. The van der Waals surface area contributed by atoms with Gasteiger partial charge in [0.25, 0.3) is 11.8 Å². The molecule has 0 atom stereocenters. The molecule has 2 heterocycles. The Balaban J connectivity index is 1.63. The van der Waals surface area contributed by atoms with Crippen molar-refractivity contribution >= 4 is 5.91 Å². The highest BCUT2D eigenvalue weighted by Gasteiger charge is 2.46. The van der Waals surface area contributed by atoms with Crippen molar-refractivity contribution in [2.45, 2.75) is 18.6 Å². The van der Waals surface area contributed by atoms with Gasteiger partial charge in [-0.15, -0.1) is 0 Å². The van der Waals surface area contributed by atoms with Gasteiger partial charge in [-0.1, -0.05) is 18.2 Å². The molecule has 31 heavy (non-hydrogen) atoms. The second-order valence-corrected chi connectivity index (χ2v) is 7.19. The summed E-state index contributed by atoms with van der Waals surface area (Å²) in [7, 11) is 0. The van der Waals surface area contributed by atoms with Crippen molar-refractivity contribution in [1.82, 2.24) is 9.88 Å². The van der Waals surface area contributed by atoms with Gasteiger partial charge in [0.05, 0.1) is 31.4 Å². The van der Waals surface area contributed by atoms with Gasteiger partial charge in [0.2, 0.25) is 5.89 Å². The minimum absolute atomic E-state index is 0.00652. The molecule has 1 saturated heterocycles. The summed E-state index contributed by atoms with van der Waals surface area (Å²) >= 11 is 0. The van der Waals surface area contributed by atoms with Gasteiger partial charge in [-0.3, -0.25) is 4.79 Å². The van der Waals surface area contributed by atoms with Gasteiger partial charge in [-0.25, -0.2) is 13.8 Å². The number of carbonyl (C=O) groups is 1. The summed E-state index contributed by atoms with van der Waals surface area (Å²) in [5.74, 6) is -3.36. The Morgan fingerprint density at radius 1 is 1.10 bits per heavy atom. The van der Waals surface area contributed by atoms with E-state index in [1.54, 1.807) is 0 Å². The first-order valence-electron chi connectivity index (χ1n) is 9.21. The first kappa shape index (κ1) is 21.0. The number of aromatic nitrogens is 1. The number of likely N-dealkylation sites (tertiary alicyclic amines) is 1. The fourth-order valence-electron chi connectivity index (χ4n) is 3.31. The molecular weight excluding hydrogens is 421 g/mol. The van der Waals surface area contributed by atoms with Crippen molar-refractivity contribution in [3.8, 4) is 22.6 Å². The van der Waals surface area contributed by atoms with E-state index in [1.807, 2.05) is 0 Å². The smallest absolute Gasteiger partial charge is 0.417 e. The number of hydrogen-bond donors (Lipinski definition) is 1. The Morgan fingerprint density at radius 2 is 1.74 bits per heavy atom. The highest BCUT2D eigenvalue weighted by molar-refractivity contribution is 5.95. The minimum Gasteiger partial charge on any atom is -0.440 e. The molecule has 4 rings (SSSR count). The zero-order valence-corrected chi connectivity index (χ0v) is 15.9. The van der Waals surface area contributed by atoms with Crippen LogP contribution in [0.4, 0.5) is 22.0 Å². The lowest BCUT2D eigenvalue weighted by Gasteiger charge is -2.38. The van der Waals surface area contributed by atoms with Gasteiger partial charge < -0.3 is 15.1 Å². The second-order valence-electron chi connectivity index (χ2n) is 7.19. The summed E-state index contributed by atoms with van der Waals surface area (Å²) in [6.45, 7) is -1.28. The van der Waals surface area contributed by atoms with Crippen LogP contribution < -0.4 is 5.73 Å². The molecule has 162 valence electrons. The van der Waals surface area contributed by atoms with E-state index >= 15 is 0 Å². The minimum atomic E-state index is -4.67. The second kappa shape index (κ2) is 7.45. The molecule has 0 spiro atoms. The molecule has 1 fully saturated rings. The highest BCUT2D eigenvalue weighted by atomic mass is 19.4. The SMILES string of the molecule is NCc1cnc(-c2ccc(-c3ccc(C(=O)N4CC(F)(F)C4)cc3)cc2C(F)(F)F)o1. The van der Waals surface area contributed by atoms with Crippen molar-refractivity contribution in [3.05, 3.63) is 65.5 Å². The number of alkyl halides is 5. The van der Waals surface area contributed by atoms with Crippen LogP contribution in [0.25, 0.3) is 22.6 Å². The Bertz CT molecular complexity index is 1110. The Kier molecular flexibility index (Phi) is 5.04. The number of nitrogens with zero attached hydrogens (tertiary/aromatic N) is 2.